The minimum absolute atomic E-state index is 0.00697. The first-order valence-electron chi connectivity index (χ1n) is 11.3. The van der Waals surface area contributed by atoms with Crippen molar-refractivity contribution in [1.82, 2.24) is 0 Å². The topological polar surface area (TPSA) is 98.9 Å². The molecule has 3 N–H and O–H groups in total. The number of hydrogen-bond donors (Lipinski definition) is 2. The lowest BCUT2D eigenvalue weighted by atomic mass is 9.43. The highest BCUT2D eigenvalue weighted by atomic mass is 16.6. The second kappa shape index (κ2) is 7.23. The fraction of sp³-hybridized carbons (Fsp3) is 0.913. The van der Waals surface area contributed by atoms with Gasteiger partial charge in [0.25, 0.3) is 0 Å². The van der Waals surface area contributed by atoms with E-state index in [0.29, 0.717) is 36.5 Å². The Kier molecular flexibility index (Phi) is 5.26. The second-order valence-corrected chi connectivity index (χ2v) is 10.8. The van der Waals surface area contributed by atoms with Crippen LogP contribution >= 0.6 is 0 Å². The summed E-state index contributed by atoms with van der Waals surface area (Å²) >= 11 is 0. The van der Waals surface area contributed by atoms with E-state index in [4.69, 9.17) is 15.2 Å². The molecule has 0 heterocycles. The van der Waals surface area contributed by atoms with Gasteiger partial charge in [-0.25, -0.2) is 0 Å². The number of fused-ring (bicyclic) bond motifs is 5. The average molecular weight is 408 g/mol. The van der Waals surface area contributed by atoms with Crippen LogP contribution in [0.3, 0.4) is 0 Å². The van der Waals surface area contributed by atoms with Crippen molar-refractivity contribution in [3.05, 3.63) is 0 Å². The minimum Gasteiger partial charge on any atom is -0.469 e. The largest absolute Gasteiger partial charge is 0.469 e. The number of aliphatic hydroxyl groups excluding tert-OH is 1. The molecule has 0 saturated heterocycles. The van der Waals surface area contributed by atoms with Gasteiger partial charge < -0.3 is 20.3 Å². The van der Waals surface area contributed by atoms with E-state index in [9.17, 15) is 14.7 Å². The number of hydrogen-bond acceptors (Lipinski definition) is 6. The average Bonchev–Trinajstić information content (AvgIpc) is 2.98. The summed E-state index contributed by atoms with van der Waals surface area (Å²) in [4.78, 5) is 24.1. The van der Waals surface area contributed by atoms with E-state index < -0.39 is 12.2 Å². The van der Waals surface area contributed by atoms with Crippen LogP contribution in [0.1, 0.15) is 65.7 Å². The van der Waals surface area contributed by atoms with Gasteiger partial charge in [0.05, 0.1) is 19.1 Å². The van der Waals surface area contributed by atoms with Crippen LogP contribution in [-0.4, -0.2) is 42.4 Å². The summed E-state index contributed by atoms with van der Waals surface area (Å²) in [7, 11) is 1.49. The maximum atomic E-state index is 12.5. The first-order valence-corrected chi connectivity index (χ1v) is 11.3. The number of ether oxygens (including phenoxy) is 2. The molecule has 0 radical (unpaired) electrons. The normalized spacial score (nSPS) is 51.4. The van der Waals surface area contributed by atoms with Gasteiger partial charge >= 0.3 is 11.9 Å². The molecule has 4 aliphatic carbocycles. The molecule has 6 nitrogen and oxygen atoms in total. The molecular weight excluding hydrogens is 370 g/mol. The highest BCUT2D eigenvalue weighted by Crippen LogP contribution is 2.67. The molecule has 0 amide bonds. The summed E-state index contributed by atoms with van der Waals surface area (Å²) < 4.78 is 10.6. The smallest absolute Gasteiger partial charge is 0.309 e. The fourth-order valence-corrected chi connectivity index (χ4v) is 8.38. The fourth-order valence-electron chi connectivity index (χ4n) is 8.38. The molecule has 0 aromatic rings. The lowest BCUT2D eigenvalue weighted by Gasteiger charge is -2.63. The number of aliphatic hydroxyl groups is 1. The van der Waals surface area contributed by atoms with Gasteiger partial charge in [0.2, 0.25) is 0 Å². The summed E-state index contributed by atoms with van der Waals surface area (Å²) in [6.07, 6.45) is 5.28. The van der Waals surface area contributed by atoms with Crippen molar-refractivity contribution in [2.75, 3.05) is 7.11 Å². The number of carbonyl (C=O) groups is 2. The van der Waals surface area contributed by atoms with Gasteiger partial charge in [-0.1, -0.05) is 13.8 Å². The molecule has 4 rings (SSSR count). The minimum atomic E-state index is -0.589. The third-order valence-electron chi connectivity index (χ3n) is 9.47. The second-order valence-electron chi connectivity index (χ2n) is 10.8. The Labute approximate surface area is 173 Å². The van der Waals surface area contributed by atoms with Gasteiger partial charge in [0, 0.05) is 13.0 Å². The molecule has 4 aliphatic rings. The Morgan fingerprint density at radius 1 is 1.07 bits per heavy atom. The van der Waals surface area contributed by atoms with Crippen LogP contribution in [0.5, 0.6) is 0 Å². The van der Waals surface area contributed by atoms with Gasteiger partial charge in [-0.3, -0.25) is 9.59 Å². The molecule has 0 aliphatic heterocycles. The van der Waals surface area contributed by atoms with E-state index >= 15 is 0 Å². The number of rotatable bonds is 2. The Morgan fingerprint density at radius 3 is 2.45 bits per heavy atom. The highest BCUT2D eigenvalue weighted by molar-refractivity contribution is 5.74. The maximum Gasteiger partial charge on any atom is 0.309 e. The van der Waals surface area contributed by atoms with Crippen molar-refractivity contribution in [3.63, 3.8) is 0 Å². The van der Waals surface area contributed by atoms with Crippen molar-refractivity contribution in [2.24, 2.45) is 46.2 Å². The van der Waals surface area contributed by atoms with E-state index in [1.807, 2.05) is 0 Å². The molecule has 0 aromatic carbocycles. The Morgan fingerprint density at radius 2 is 1.79 bits per heavy atom. The third-order valence-corrected chi connectivity index (χ3v) is 9.47. The van der Waals surface area contributed by atoms with Crippen LogP contribution in [0, 0.1) is 40.4 Å². The first kappa shape index (κ1) is 21.1. The molecule has 4 fully saturated rings. The van der Waals surface area contributed by atoms with E-state index in [-0.39, 0.29) is 34.7 Å². The van der Waals surface area contributed by atoms with Crippen LogP contribution in [0.15, 0.2) is 0 Å². The summed E-state index contributed by atoms with van der Waals surface area (Å²) in [6, 6.07) is 0.00697. The predicted molar refractivity (Wildman–Crippen MR) is 108 cm³/mol. The molecule has 4 saturated carbocycles. The van der Waals surface area contributed by atoms with Gasteiger partial charge in [0.15, 0.2) is 0 Å². The summed E-state index contributed by atoms with van der Waals surface area (Å²) in [6.45, 7) is 5.98. The number of esters is 2. The van der Waals surface area contributed by atoms with Crippen LogP contribution in [0.2, 0.25) is 0 Å². The van der Waals surface area contributed by atoms with Crippen LogP contribution < -0.4 is 5.73 Å². The molecule has 0 aromatic heterocycles. The number of methoxy groups -OCH3 is 1. The molecule has 0 spiro atoms. The molecule has 5 unspecified atom stereocenters. The Bertz CT molecular complexity index is 682. The van der Waals surface area contributed by atoms with Crippen molar-refractivity contribution in [1.29, 1.82) is 0 Å². The Hall–Kier alpha value is -1.14. The van der Waals surface area contributed by atoms with Gasteiger partial charge in [-0.05, 0) is 79.4 Å². The van der Waals surface area contributed by atoms with Gasteiger partial charge in [-0.15, -0.1) is 0 Å². The van der Waals surface area contributed by atoms with E-state index in [2.05, 4.69) is 13.8 Å². The summed E-state index contributed by atoms with van der Waals surface area (Å²) in [5.74, 6) is 1.22. The zero-order valence-corrected chi connectivity index (χ0v) is 18.2. The van der Waals surface area contributed by atoms with Gasteiger partial charge in [0.1, 0.15) is 6.10 Å². The van der Waals surface area contributed by atoms with Crippen molar-refractivity contribution >= 4 is 11.9 Å². The molecule has 10 atom stereocenters. The van der Waals surface area contributed by atoms with Crippen molar-refractivity contribution in [3.8, 4) is 0 Å². The lowest BCUT2D eigenvalue weighted by Crippen LogP contribution is -2.63. The Balaban J connectivity index is 1.64. The van der Waals surface area contributed by atoms with Crippen molar-refractivity contribution < 1.29 is 24.2 Å². The lowest BCUT2D eigenvalue weighted by molar-refractivity contribution is -0.186. The van der Waals surface area contributed by atoms with E-state index in [1.165, 1.54) is 14.0 Å². The van der Waals surface area contributed by atoms with Crippen LogP contribution in [0.4, 0.5) is 0 Å². The van der Waals surface area contributed by atoms with Crippen LogP contribution in [0.25, 0.3) is 0 Å². The molecule has 164 valence electrons. The molecule has 0 bridgehead atoms. The summed E-state index contributed by atoms with van der Waals surface area (Å²) in [5.41, 5.74) is 6.74. The summed E-state index contributed by atoms with van der Waals surface area (Å²) in [5, 5.41) is 10.6. The maximum absolute atomic E-state index is 12.5. The zero-order chi connectivity index (χ0) is 21.1. The third kappa shape index (κ3) is 3.13. The van der Waals surface area contributed by atoms with Crippen LogP contribution in [-0.2, 0) is 19.1 Å². The SMILES string of the molecule is COC(=O)C1CC[C@H]2[C@@H]3CCC4CC(O)C(OC(C)=O)C[C@]4(C)[C@@H]3C(N)C[C@]12C. The predicted octanol–water partition coefficient (Wildman–Crippen LogP) is 2.66. The monoisotopic (exact) mass is 407 g/mol. The molecule has 6 heteroatoms. The molecule has 29 heavy (non-hydrogen) atoms. The van der Waals surface area contributed by atoms with E-state index in [1.54, 1.807) is 0 Å². The quantitative estimate of drug-likeness (QED) is 0.683. The number of carbonyl (C=O) groups excluding carboxylic acids is 2. The molecular formula is C23H37NO5. The first-order chi connectivity index (χ1) is 13.6. The van der Waals surface area contributed by atoms with Crippen molar-refractivity contribution in [2.45, 2.75) is 84.0 Å². The highest BCUT2D eigenvalue weighted by Gasteiger charge is 2.64. The number of nitrogens with two attached hydrogens (primary N) is 1. The van der Waals surface area contributed by atoms with E-state index in [0.717, 1.165) is 32.1 Å². The van der Waals surface area contributed by atoms with Gasteiger partial charge in [-0.2, -0.15) is 0 Å². The zero-order valence-electron chi connectivity index (χ0n) is 18.2. The standard InChI is InChI=1S/C23H37NO5/c1-12(25)29-19-11-22(2)13(9-18(19)26)5-6-14-15-7-8-16(21(27)28-4)23(15,3)10-17(24)20(14)22/h13-20,26H,5-11,24H2,1-4H3/t13?,14-,15-,16?,17?,18?,19?,20-,22-,23-/m0/s1.